The summed E-state index contributed by atoms with van der Waals surface area (Å²) in [5.74, 6) is -0.379. The molecule has 96 valence electrons. The van der Waals surface area contributed by atoms with Crippen LogP contribution >= 0.6 is 11.3 Å². The van der Waals surface area contributed by atoms with Gasteiger partial charge in [0, 0.05) is 18.2 Å². The van der Waals surface area contributed by atoms with Crippen LogP contribution in [0.3, 0.4) is 0 Å². The molecule has 1 aromatic rings. The van der Waals surface area contributed by atoms with Crippen LogP contribution in [0, 0.1) is 5.41 Å². The average molecular weight is 266 g/mol. The Kier molecular flexibility index (Phi) is 3.93. The molecule has 17 heavy (non-hydrogen) atoms. The molecule has 2 N–H and O–H groups in total. The van der Waals surface area contributed by atoms with E-state index in [2.05, 4.69) is 4.98 Å². The fraction of sp³-hybridized carbons (Fsp3) is 0.600. The number of carbonyl (C=O) groups is 1. The van der Waals surface area contributed by atoms with Crippen molar-refractivity contribution >= 4 is 17.1 Å². The largest absolute Gasteiger partial charge is 0.443 e. The van der Waals surface area contributed by atoms with Crippen LogP contribution in [-0.4, -0.2) is 17.3 Å². The molecule has 0 saturated carbocycles. The third-order valence-corrected chi connectivity index (χ3v) is 3.79. The molecule has 0 aliphatic heterocycles. The molecule has 1 atom stereocenters. The number of alkyl halides is 3. The number of nitrogens with two attached hydrogens (primary N) is 1. The van der Waals surface area contributed by atoms with E-state index in [1.54, 1.807) is 13.8 Å². The van der Waals surface area contributed by atoms with Crippen LogP contribution in [0.15, 0.2) is 6.20 Å². The Morgan fingerprint density at radius 1 is 1.53 bits per heavy atom. The lowest BCUT2D eigenvalue weighted by Gasteiger charge is -2.23. The third kappa shape index (κ3) is 2.84. The number of thiazole rings is 1. The molecule has 0 spiro atoms. The summed E-state index contributed by atoms with van der Waals surface area (Å²) in [6.45, 7) is 3.51. The molecule has 1 aromatic heterocycles. The van der Waals surface area contributed by atoms with Gasteiger partial charge in [-0.1, -0.05) is 13.8 Å². The van der Waals surface area contributed by atoms with Gasteiger partial charge in [0.25, 0.3) is 0 Å². The van der Waals surface area contributed by atoms with Crippen molar-refractivity contribution in [2.45, 2.75) is 26.4 Å². The standard InChI is InChI=1S/C10H13F3N2OS/c1-3-9(2,5-14)7(16)6-4-15-8(17-6)10(11,12)13/h4H,3,5,14H2,1-2H3. The molecule has 0 saturated heterocycles. The monoisotopic (exact) mass is 266 g/mol. The summed E-state index contributed by atoms with van der Waals surface area (Å²) >= 11 is 0.364. The summed E-state index contributed by atoms with van der Waals surface area (Å²) in [5.41, 5.74) is 4.67. The number of rotatable bonds is 4. The highest BCUT2D eigenvalue weighted by Crippen LogP contribution is 2.35. The van der Waals surface area contributed by atoms with Gasteiger partial charge in [0.15, 0.2) is 10.8 Å². The van der Waals surface area contributed by atoms with Crippen LogP contribution in [-0.2, 0) is 6.18 Å². The highest BCUT2D eigenvalue weighted by molar-refractivity contribution is 7.13. The molecule has 0 aliphatic rings. The summed E-state index contributed by atoms with van der Waals surface area (Å²) in [5, 5.41) is -1.00. The van der Waals surface area contributed by atoms with E-state index in [1.165, 1.54) is 0 Å². The minimum atomic E-state index is -4.51. The maximum absolute atomic E-state index is 12.3. The number of aromatic nitrogens is 1. The van der Waals surface area contributed by atoms with Gasteiger partial charge in [-0.25, -0.2) is 4.98 Å². The fourth-order valence-corrected chi connectivity index (χ4v) is 2.08. The third-order valence-electron chi connectivity index (χ3n) is 2.75. The second-order valence-corrected chi connectivity index (χ2v) is 5.01. The van der Waals surface area contributed by atoms with Crippen molar-refractivity contribution < 1.29 is 18.0 Å². The first kappa shape index (κ1) is 14.1. The Bertz CT molecular complexity index is 410. The Balaban J connectivity index is 3.03. The smallest absolute Gasteiger partial charge is 0.329 e. The van der Waals surface area contributed by atoms with Crippen LogP contribution in [0.4, 0.5) is 13.2 Å². The van der Waals surface area contributed by atoms with E-state index in [4.69, 9.17) is 5.73 Å². The SMILES string of the molecule is CCC(C)(CN)C(=O)c1cnc(C(F)(F)F)s1. The molecule has 0 aromatic carbocycles. The topological polar surface area (TPSA) is 56.0 Å². The maximum atomic E-state index is 12.3. The van der Waals surface area contributed by atoms with Gasteiger partial charge in [-0.15, -0.1) is 11.3 Å². The lowest BCUT2D eigenvalue weighted by Crippen LogP contribution is -2.34. The van der Waals surface area contributed by atoms with E-state index >= 15 is 0 Å². The normalized spacial score (nSPS) is 15.6. The molecule has 3 nitrogen and oxygen atoms in total. The predicted octanol–water partition coefficient (Wildman–Crippen LogP) is 2.72. The summed E-state index contributed by atoms with van der Waals surface area (Å²) in [6.07, 6.45) is -3.06. The number of hydrogen-bond donors (Lipinski definition) is 1. The van der Waals surface area contributed by atoms with Gasteiger partial charge in [0.05, 0.1) is 4.88 Å². The van der Waals surface area contributed by atoms with Crippen molar-refractivity contribution in [1.29, 1.82) is 0 Å². The average Bonchev–Trinajstić information content (AvgIpc) is 2.75. The van der Waals surface area contributed by atoms with Gasteiger partial charge >= 0.3 is 6.18 Å². The Morgan fingerprint density at radius 3 is 2.47 bits per heavy atom. The van der Waals surface area contributed by atoms with E-state index < -0.39 is 16.6 Å². The van der Waals surface area contributed by atoms with Crippen molar-refractivity contribution in [2.75, 3.05) is 6.54 Å². The lowest BCUT2D eigenvalue weighted by atomic mass is 9.82. The fourth-order valence-electron chi connectivity index (χ4n) is 1.21. The second kappa shape index (κ2) is 4.73. The molecule has 0 fully saturated rings. The Hall–Kier alpha value is -0.950. The van der Waals surface area contributed by atoms with Crippen LogP contribution in [0.5, 0.6) is 0 Å². The van der Waals surface area contributed by atoms with E-state index in [9.17, 15) is 18.0 Å². The minimum absolute atomic E-state index is 0.00660. The Morgan fingerprint density at radius 2 is 2.12 bits per heavy atom. The van der Waals surface area contributed by atoms with E-state index in [1.807, 2.05) is 0 Å². The molecule has 1 unspecified atom stereocenters. The lowest BCUT2D eigenvalue weighted by molar-refractivity contribution is -0.137. The molecule has 0 amide bonds. The second-order valence-electron chi connectivity index (χ2n) is 3.97. The van der Waals surface area contributed by atoms with Gasteiger partial charge in [0.1, 0.15) is 0 Å². The zero-order valence-corrected chi connectivity index (χ0v) is 10.3. The van der Waals surface area contributed by atoms with Crippen LogP contribution < -0.4 is 5.73 Å². The molecule has 0 aliphatic carbocycles. The Labute approximate surface area is 101 Å². The van der Waals surface area contributed by atoms with Crippen LogP contribution in [0.25, 0.3) is 0 Å². The first-order valence-corrected chi connectivity index (χ1v) is 5.84. The molecule has 1 heterocycles. The van der Waals surface area contributed by atoms with E-state index in [-0.39, 0.29) is 17.2 Å². The predicted molar refractivity (Wildman–Crippen MR) is 58.9 cm³/mol. The van der Waals surface area contributed by atoms with Crippen LogP contribution in [0.1, 0.15) is 34.9 Å². The maximum Gasteiger partial charge on any atom is 0.443 e. The summed E-state index contributed by atoms with van der Waals surface area (Å²) in [4.78, 5) is 15.2. The summed E-state index contributed by atoms with van der Waals surface area (Å²) in [6, 6.07) is 0. The van der Waals surface area contributed by atoms with Crippen molar-refractivity contribution in [2.24, 2.45) is 11.1 Å². The number of ketones is 1. The molecule has 7 heteroatoms. The van der Waals surface area contributed by atoms with Gasteiger partial charge in [-0.05, 0) is 6.42 Å². The molecule has 0 radical (unpaired) electrons. The zero-order valence-electron chi connectivity index (χ0n) is 9.47. The van der Waals surface area contributed by atoms with Crippen molar-refractivity contribution in [3.63, 3.8) is 0 Å². The quantitative estimate of drug-likeness (QED) is 0.852. The number of Topliss-reactive ketones (excluding diaryl/α,β-unsaturated/α-hetero) is 1. The van der Waals surface area contributed by atoms with E-state index in [0.29, 0.717) is 17.8 Å². The molecule has 0 bridgehead atoms. The van der Waals surface area contributed by atoms with Gasteiger partial charge in [-0.2, -0.15) is 13.2 Å². The molecular weight excluding hydrogens is 253 g/mol. The minimum Gasteiger partial charge on any atom is -0.329 e. The van der Waals surface area contributed by atoms with Crippen molar-refractivity contribution in [1.82, 2.24) is 4.98 Å². The highest BCUT2D eigenvalue weighted by Gasteiger charge is 2.37. The van der Waals surface area contributed by atoms with Gasteiger partial charge in [0.2, 0.25) is 0 Å². The number of halogens is 3. The summed E-state index contributed by atoms with van der Waals surface area (Å²) < 4.78 is 37.0. The molecule has 1 rings (SSSR count). The van der Waals surface area contributed by atoms with Gasteiger partial charge < -0.3 is 5.73 Å². The van der Waals surface area contributed by atoms with Gasteiger partial charge in [-0.3, -0.25) is 4.79 Å². The highest BCUT2D eigenvalue weighted by atomic mass is 32.1. The van der Waals surface area contributed by atoms with E-state index in [0.717, 1.165) is 6.20 Å². The molecular formula is C10H13F3N2OS. The summed E-state index contributed by atoms with van der Waals surface area (Å²) in [7, 11) is 0. The zero-order chi connectivity index (χ0) is 13.3. The first-order valence-electron chi connectivity index (χ1n) is 5.02. The first-order chi connectivity index (χ1) is 7.74. The number of hydrogen-bond acceptors (Lipinski definition) is 4. The van der Waals surface area contributed by atoms with Crippen LogP contribution in [0.2, 0.25) is 0 Å². The number of carbonyl (C=O) groups excluding carboxylic acids is 1. The van der Waals surface area contributed by atoms with Crippen molar-refractivity contribution in [3.05, 3.63) is 16.1 Å². The van der Waals surface area contributed by atoms with Crippen molar-refractivity contribution in [3.8, 4) is 0 Å². The number of nitrogens with zero attached hydrogens (tertiary/aromatic N) is 1.